The summed E-state index contributed by atoms with van der Waals surface area (Å²) >= 11 is 0. The molecule has 1 aromatic carbocycles. The zero-order valence-electron chi connectivity index (χ0n) is 12.2. The fraction of sp³-hybridized carbons (Fsp3) is 0.588. The van der Waals surface area contributed by atoms with Crippen molar-refractivity contribution in [3.8, 4) is 0 Å². The molecule has 0 radical (unpaired) electrons. The summed E-state index contributed by atoms with van der Waals surface area (Å²) in [7, 11) is 0. The first-order valence-electron chi connectivity index (χ1n) is 7.85. The lowest BCUT2D eigenvalue weighted by molar-refractivity contribution is -0.121. The van der Waals surface area contributed by atoms with Crippen LogP contribution in [0, 0.1) is 0 Å². The molecule has 2 N–H and O–H groups in total. The van der Waals surface area contributed by atoms with Crippen molar-refractivity contribution in [1.82, 2.24) is 10.6 Å². The largest absolute Gasteiger partial charge is 0.353 e. The predicted molar refractivity (Wildman–Crippen MR) is 80.6 cm³/mol. The first-order valence-corrected chi connectivity index (χ1v) is 7.85. The summed E-state index contributed by atoms with van der Waals surface area (Å²) < 4.78 is 0. The minimum atomic E-state index is 0.192. The van der Waals surface area contributed by atoms with Crippen LogP contribution in [0.2, 0.25) is 0 Å². The van der Waals surface area contributed by atoms with E-state index >= 15 is 0 Å². The van der Waals surface area contributed by atoms with Crippen LogP contribution in [-0.2, 0) is 4.79 Å². The Hall–Kier alpha value is -1.35. The molecule has 1 saturated carbocycles. The van der Waals surface area contributed by atoms with E-state index in [1.54, 1.807) is 0 Å². The number of carbonyl (C=O) groups is 1. The van der Waals surface area contributed by atoms with E-state index in [1.807, 2.05) is 0 Å². The van der Waals surface area contributed by atoms with Crippen molar-refractivity contribution in [2.24, 2.45) is 0 Å². The summed E-state index contributed by atoms with van der Waals surface area (Å²) in [4.78, 5) is 11.7. The van der Waals surface area contributed by atoms with Gasteiger partial charge in [0.15, 0.2) is 0 Å². The molecule has 2 unspecified atom stereocenters. The van der Waals surface area contributed by atoms with E-state index in [-0.39, 0.29) is 5.91 Å². The molecule has 0 bridgehead atoms. The molecule has 3 rings (SSSR count). The molecular formula is C17H24N2O. The van der Waals surface area contributed by atoms with Crippen LogP contribution in [0.1, 0.15) is 62.1 Å². The van der Waals surface area contributed by atoms with Gasteiger partial charge in [-0.15, -0.1) is 0 Å². The number of benzene rings is 1. The summed E-state index contributed by atoms with van der Waals surface area (Å²) in [6.07, 6.45) is 5.30. The second-order valence-corrected chi connectivity index (χ2v) is 6.21. The van der Waals surface area contributed by atoms with Crippen LogP contribution < -0.4 is 10.6 Å². The van der Waals surface area contributed by atoms with Crippen LogP contribution >= 0.6 is 0 Å². The predicted octanol–water partition coefficient (Wildman–Crippen LogP) is 2.88. The van der Waals surface area contributed by atoms with Crippen molar-refractivity contribution >= 4 is 5.91 Å². The highest BCUT2D eigenvalue weighted by atomic mass is 16.1. The molecule has 2 atom stereocenters. The van der Waals surface area contributed by atoms with E-state index in [4.69, 9.17) is 0 Å². The number of carbonyl (C=O) groups excluding carboxylic acids is 1. The quantitative estimate of drug-likeness (QED) is 0.865. The molecule has 0 saturated heterocycles. The molecule has 0 heterocycles. The lowest BCUT2D eigenvalue weighted by Crippen LogP contribution is -2.32. The Balaban J connectivity index is 1.52. The van der Waals surface area contributed by atoms with Gasteiger partial charge in [-0.25, -0.2) is 0 Å². The maximum Gasteiger partial charge on any atom is 0.221 e. The highest BCUT2D eigenvalue weighted by molar-refractivity contribution is 5.76. The van der Waals surface area contributed by atoms with Crippen LogP contribution in [0.4, 0.5) is 0 Å². The van der Waals surface area contributed by atoms with Crippen molar-refractivity contribution in [3.63, 3.8) is 0 Å². The maximum atomic E-state index is 11.7. The molecule has 20 heavy (non-hydrogen) atoms. The minimum Gasteiger partial charge on any atom is -0.353 e. The molecule has 0 aliphatic heterocycles. The SMILES string of the molecule is CC1CCC(NCCC(=O)NC2CC2)c2ccccc21. The van der Waals surface area contributed by atoms with E-state index in [2.05, 4.69) is 41.8 Å². The average molecular weight is 272 g/mol. The Morgan fingerprint density at radius 3 is 2.65 bits per heavy atom. The monoisotopic (exact) mass is 272 g/mol. The molecule has 2 aliphatic rings. The van der Waals surface area contributed by atoms with Gasteiger partial charge in [-0.3, -0.25) is 4.79 Å². The molecule has 3 nitrogen and oxygen atoms in total. The minimum absolute atomic E-state index is 0.192. The Morgan fingerprint density at radius 1 is 1.15 bits per heavy atom. The smallest absolute Gasteiger partial charge is 0.221 e. The molecule has 0 aromatic heterocycles. The van der Waals surface area contributed by atoms with Gasteiger partial charge in [0, 0.05) is 25.0 Å². The summed E-state index contributed by atoms with van der Waals surface area (Å²) in [6, 6.07) is 9.60. The fourth-order valence-electron chi connectivity index (χ4n) is 3.10. The van der Waals surface area contributed by atoms with E-state index in [1.165, 1.54) is 24.0 Å². The topological polar surface area (TPSA) is 41.1 Å². The summed E-state index contributed by atoms with van der Waals surface area (Å²) in [5, 5.41) is 6.60. The zero-order valence-corrected chi connectivity index (χ0v) is 12.2. The fourth-order valence-corrected chi connectivity index (χ4v) is 3.10. The second-order valence-electron chi connectivity index (χ2n) is 6.21. The molecule has 1 aromatic rings. The van der Waals surface area contributed by atoms with Gasteiger partial charge in [0.05, 0.1) is 0 Å². The van der Waals surface area contributed by atoms with Crippen LogP contribution in [0.5, 0.6) is 0 Å². The van der Waals surface area contributed by atoms with E-state index < -0.39 is 0 Å². The number of hydrogen-bond acceptors (Lipinski definition) is 2. The van der Waals surface area contributed by atoms with Gasteiger partial charge in [0.25, 0.3) is 0 Å². The van der Waals surface area contributed by atoms with Crippen molar-refractivity contribution in [1.29, 1.82) is 0 Å². The highest BCUT2D eigenvalue weighted by Crippen LogP contribution is 2.36. The molecule has 2 aliphatic carbocycles. The van der Waals surface area contributed by atoms with Gasteiger partial charge in [-0.1, -0.05) is 31.2 Å². The summed E-state index contributed by atoms with van der Waals surface area (Å²) in [5.74, 6) is 0.847. The third-order valence-electron chi connectivity index (χ3n) is 4.48. The third-order valence-corrected chi connectivity index (χ3v) is 4.48. The van der Waals surface area contributed by atoms with Crippen LogP contribution in [0.25, 0.3) is 0 Å². The number of nitrogens with one attached hydrogen (secondary N) is 2. The van der Waals surface area contributed by atoms with Crippen LogP contribution in [-0.4, -0.2) is 18.5 Å². The lowest BCUT2D eigenvalue weighted by atomic mass is 9.81. The van der Waals surface area contributed by atoms with Gasteiger partial charge in [0.2, 0.25) is 5.91 Å². The van der Waals surface area contributed by atoms with E-state index in [0.29, 0.717) is 24.4 Å². The Bertz CT molecular complexity index is 482. The Morgan fingerprint density at radius 2 is 1.90 bits per heavy atom. The normalized spacial score (nSPS) is 25.1. The van der Waals surface area contributed by atoms with E-state index in [9.17, 15) is 4.79 Å². The number of fused-ring (bicyclic) bond motifs is 1. The molecule has 3 heteroatoms. The summed E-state index contributed by atoms with van der Waals surface area (Å²) in [6.45, 7) is 3.07. The first kappa shape index (κ1) is 13.6. The lowest BCUT2D eigenvalue weighted by Gasteiger charge is -2.30. The molecule has 0 spiro atoms. The number of rotatable bonds is 5. The molecule has 108 valence electrons. The Kier molecular flexibility index (Phi) is 4.06. The van der Waals surface area contributed by atoms with Crippen molar-refractivity contribution in [2.45, 2.75) is 57.0 Å². The molecule has 1 amide bonds. The van der Waals surface area contributed by atoms with Crippen molar-refractivity contribution in [2.75, 3.05) is 6.54 Å². The molecule has 1 fully saturated rings. The number of hydrogen-bond donors (Lipinski definition) is 2. The zero-order chi connectivity index (χ0) is 13.9. The Labute approximate surface area is 121 Å². The highest BCUT2D eigenvalue weighted by Gasteiger charge is 2.25. The van der Waals surface area contributed by atoms with Crippen LogP contribution in [0.3, 0.4) is 0 Å². The second kappa shape index (κ2) is 5.96. The third kappa shape index (κ3) is 3.21. The maximum absolute atomic E-state index is 11.7. The van der Waals surface area contributed by atoms with Gasteiger partial charge in [-0.2, -0.15) is 0 Å². The van der Waals surface area contributed by atoms with Crippen molar-refractivity contribution < 1.29 is 4.79 Å². The molecular weight excluding hydrogens is 248 g/mol. The van der Waals surface area contributed by atoms with Gasteiger partial charge in [0.1, 0.15) is 0 Å². The van der Waals surface area contributed by atoms with E-state index in [0.717, 1.165) is 19.4 Å². The van der Waals surface area contributed by atoms with Crippen molar-refractivity contribution in [3.05, 3.63) is 35.4 Å². The summed E-state index contributed by atoms with van der Waals surface area (Å²) in [5.41, 5.74) is 2.90. The van der Waals surface area contributed by atoms with Gasteiger partial charge >= 0.3 is 0 Å². The standard InChI is InChI=1S/C17H24N2O/c1-12-6-9-16(15-5-3-2-4-14(12)15)18-11-10-17(20)19-13-7-8-13/h2-5,12-13,16,18H,6-11H2,1H3,(H,19,20). The van der Waals surface area contributed by atoms with Crippen LogP contribution in [0.15, 0.2) is 24.3 Å². The number of amides is 1. The van der Waals surface area contributed by atoms with Gasteiger partial charge < -0.3 is 10.6 Å². The average Bonchev–Trinajstić information content (AvgIpc) is 3.26. The van der Waals surface area contributed by atoms with Gasteiger partial charge in [-0.05, 0) is 42.7 Å². The first-order chi connectivity index (χ1) is 9.74.